The third kappa shape index (κ3) is 5.65. The Hall–Kier alpha value is -3.52. The molecule has 1 amide bonds. The second-order valence-electron chi connectivity index (χ2n) is 9.84. The van der Waals surface area contributed by atoms with Crippen LogP contribution >= 0.6 is 0 Å². The molecule has 0 saturated heterocycles. The van der Waals surface area contributed by atoms with Gasteiger partial charge in [-0.05, 0) is 59.9 Å². The first-order valence-electron chi connectivity index (χ1n) is 11.9. The number of amides is 1. The first kappa shape index (κ1) is 25.6. The highest BCUT2D eigenvalue weighted by Crippen LogP contribution is 2.40. The van der Waals surface area contributed by atoms with Crippen molar-refractivity contribution in [3.63, 3.8) is 0 Å². The summed E-state index contributed by atoms with van der Waals surface area (Å²) in [6.07, 6.45) is -1.00. The van der Waals surface area contributed by atoms with Crippen LogP contribution < -0.4 is 19.1 Å². The summed E-state index contributed by atoms with van der Waals surface area (Å²) in [5, 5.41) is 2.81. The van der Waals surface area contributed by atoms with E-state index >= 15 is 0 Å². The number of nitrogens with zero attached hydrogens (tertiary/aromatic N) is 1. The van der Waals surface area contributed by atoms with E-state index in [4.69, 9.17) is 9.47 Å². The lowest BCUT2D eigenvalue weighted by atomic mass is 9.86. The van der Waals surface area contributed by atoms with Crippen molar-refractivity contribution in [1.82, 2.24) is 5.32 Å². The van der Waals surface area contributed by atoms with Crippen LogP contribution in [0.3, 0.4) is 0 Å². The highest BCUT2D eigenvalue weighted by atomic mass is 32.2. The number of anilines is 1. The standard InChI is InChI=1S/C28H32N2O5S/c1-20-9-8-10-22(17-20)34-16-15-29-27(31)26-19-30(36(32,33)23-11-6-5-7-12-23)24-18-21(28(2,3)4)13-14-25(24)35-26/h5-14,17-18,26H,15-16,19H2,1-4H3,(H,29,31)/t26-/m0/s1. The molecule has 7 nitrogen and oxygen atoms in total. The van der Waals surface area contributed by atoms with Crippen LogP contribution in [-0.2, 0) is 20.2 Å². The van der Waals surface area contributed by atoms with E-state index in [1.54, 1.807) is 36.4 Å². The molecule has 0 aliphatic carbocycles. The SMILES string of the molecule is Cc1cccc(OCCNC(=O)[C@@H]2CN(S(=O)(=O)c3ccccc3)c3cc(C(C)(C)C)ccc3O2)c1. The highest BCUT2D eigenvalue weighted by molar-refractivity contribution is 7.92. The summed E-state index contributed by atoms with van der Waals surface area (Å²) in [4.78, 5) is 13.2. The number of aryl methyl sites for hydroxylation is 1. The van der Waals surface area contributed by atoms with Crippen LogP contribution in [0, 0.1) is 6.92 Å². The van der Waals surface area contributed by atoms with Crippen molar-refractivity contribution in [2.45, 2.75) is 44.1 Å². The van der Waals surface area contributed by atoms with E-state index in [0.29, 0.717) is 11.4 Å². The Kier molecular flexibility index (Phi) is 7.26. The average Bonchev–Trinajstić information content (AvgIpc) is 2.85. The molecule has 4 rings (SSSR count). The van der Waals surface area contributed by atoms with E-state index < -0.39 is 22.0 Å². The first-order chi connectivity index (χ1) is 17.1. The number of carbonyl (C=O) groups is 1. The van der Waals surface area contributed by atoms with Gasteiger partial charge >= 0.3 is 0 Å². The third-order valence-corrected chi connectivity index (χ3v) is 7.77. The summed E-state index contributed by atoms with van der Waals surface area (Å²) in [5.74, 6) is 0.674. The Labute approximate surface area is 213 Å². The van der Waals surface area contributed by atoms with Crippen molar-refractivity contribution in [2.24, 2.45) is 0 Å². The van der Waals surface area contributed by atoms with Crippen LogP contribution in [0.25, 0.3) is 0 Å². The molecule has 1 aliphatic rings. The lowest BCUT2D eigenvalue weighted by molar-refractivity contribution is -0.127. The number of ether oxygens (including phenoxy) is 2. The second kappa shape index (κ2) is 10.2. The average molecular weight is 509 g/mol. The maximum atomic E-state index is 13.6. The minimum atomic E-state index is -3.92. The first-order valence-corrected chi connectivity index (χ1v) is 13.4. The number of carbonyl (C=O) groups excluding carboxylic acids is 1. The lowest BCUT2D eigenvalue weighted by Gasteiger charge is -2.36. The fourth-order valence-electron chi connectivity index (χ4n) is 3.96. The van der Waals surface area contributed by atoms with Crippen LogP contribution in [0.4, 0.5) is 5.69 Å². The Bertz CT molecular complexity index is 1330. The third-order valence-electron chi connectivity index (χ3n) is 5.98. The predicted molar refractivity (Wildman–Crippen MR) is 140 cm³/mol. The van der Waals surface area contributed by atoms with Crippen molar-refractivity contribution in [3.8, 4) is 11.5 Å². The van der Waals surface area contributed by atoms with Gasteiger partial charge in [-0.3, -0.25) is 9.10 Å². The predicted octanol–water partition coefficient (Wildman–Crippen LogP) is 4.44. The minimum Gasteiger partial charge on any atom is -0.492 e. The van der Waals surface area contributed by atoms with Crippen molar-refractivity contribution >= 4 is 21.6 Å². The van der Waals surface area contributed by atoms with Gasteiger partial charge < -0.3 is 14.8 Å². The largest absolute Gasteiger partial charge is 0.492 e. The number of nitrogens with one attached hydrogen (secondary N) is 1. The molecule has 0 saturated carbocycles. The number of rotatable bonds is 7. The zero-order valence-corrected chi connectivity index (χ0v) is 21.8. The normalized spacial score (nSPS) is 15.6. The zero-order valence-electron chi connectivity index (χ0n) is 21.0. The van der Waals surface area contributed by atoms with Gasteiger partial charge in [0.25, 0.3) is 15.9 Å². The van der Waals surface area contributed by atoms with E-state index in [1.807, 2.05) is 43.3 Å². The molecule has 1 heterocycles. The van der Waals surface area contributed by atoms with Gasteiger partial charge in [0, 0.05) is 0 Å². The summed E-state index contributed by atoms with van der Waals surface area (Å²) in [7, 11) is -3.92. The molecule has 3 aromatic rings. The van der Waals surface area contributed by atoms with Gasteiger partial charge in [-0.15, -0.1) is 0 Å². The van der Waals surface area contributed by atoms with Gasteiger partial charge in [-0.25, -0.2) is 8.42 Å². The molecule has 36 heavy (non-hydrogen) atoms. The van der Waals surface area contributed by atoms with E-state index in [1.165, 1.54) is 4.31 Å². The molecule has 0 bridgehead atoms. The van der Waals surface area contributed by atoms with E-state index in [0.717, 1.165) is 16.9 Å². The molecule has 1 atom stereocenters. The van der Waals surface area contributed by atoms with Crippen molar-refractivity contribution in [2.75, 3.05) is 24.0 Å². The summed E-state index contributed by atoms with van der Waals surface area (Å²) in [6.45, 7) is 8.55. The van der Waals surface area contributed by atoms with Crippen LogP contribution in [0.15, 0.2) is 77.7 Å². The van der Waals surface area contributed by atoms with Crippen LogP contribution in [0.1, 0.15) is 31.9 Å². The fraction of sp³-hybridized carbons (Fsp3) is 0.321. The van der Waals surface area contributed by atoms with E-state index in [-0.39, 0.29) is 30.0 Å². The molecule has 1 N–H and O–H groups in total. The van der Waals surface area contributed by atoms with Crippen molar-refractivity contribution in [1.29, 1.82) is 0 Å². The molecule has 0 spiro atoms. The Morgan fingerprint density at radius 2 is 1.81 bits per heavy atom. The van der Waals surface area contributed by atoms with Gasteiger partial charge in [0.2, 0.25) is 0 Å². The molecule has 0 radical (unpaired) electrons. The summed E-state index contributed by atoms with van der Waals surface area (Å²) in [5.41, 5.74) is 2.29. The molecule has 3 aromatic carbocycles. The number of sulfonamides is 1. The molecule has 0 fully saturated rings. The van der Waals surface area contributed by atoms with E-state index in [2.05, 4.69) is 26.1 Å². The maximum Gasteiger partial charge on any atom is 0.264 e. The van der Waals surface area contributed by atoms with Crippen LogP contribution in [-0.4, -0.2) is 40.1 Å². The topological polar surface area (TPSA) is 84.9 Å². The van der Waals surface area contributed by atoms with Crippen molar-refractivity contribution in [3.05, 3.63) is 83.9 Å². The summed E-state index contributed by atoms with van der Waals surface area (Å²) in [6, 6.07) is 21.4. The van der Waals surface area contributed by atoms with Crippen molar-refractivity contribution < 1.29 is 22.7 Å². The number of hydrogen-bond acceptors (Lipinski definition) is 5. The molecule has 1 aliphatic heterocycles. The Morgan fingerprint density at radius 1 is 1.06 bits per heavy atom. The summed E-state index contributed by atoms with van der Waals surface area (Å²) < 4.78 is 40.3. The minimum absolute atomic E-state index is 0.137. The quantitative estimate of drug-likeness (QED) is 0.477. The highest BCUT2D eigenvalue weighted by Gasteiger charge is 2.38. The molecular weight excluding hydrogens is 476 g/mol. The monoisotopic (exact) mass is 508 g/mol. The maximum absolute atomic E-state index is 13.6. The summed E-state index contributed by atoms with van der Waals surface area (Å²) >= 11 is 0. The van der Waals surface area contributed by atoms with E-state index in [9.17, 15) is 13.2 Å². The molecule has 0 unspecified atom stereocenters. The zero-order chi connectivity index (χ0) is 25.9. The van der Waals surface area contributed by atoms with Gasteiger partial charge in [-0.1, -0.05) is 57.2 Å². The number of benzene rings is 3. The van der Waals surface area contributed by atoms with Gasteiger partial charge in [0.15, 0.2) is 6.10 Å². The lowest BCUT2D eigenvalue weighted by Crippen LogP contribution is -2.51. The van der Waals surface area contributed by atoms with Gasteiger partial charge in [-0.2, -0.15) is 0 Å². The Morgan fingerprint density at radius 3 is 2.50 bits per heavy atom. The Balaban J connectivity index is 1.54. The molecular formula is C28H32N2O5S. The molecule has 0 aromatic heterocycles. The number of hydrogen-bond donors (Lipinski definition) is 1. The molecule has 190 valence electrons. The van der Waals surface area contributed by atoms with Crippen LogP contribution in [0.2, 0.25) is 0 Å². The molecule has 8 heteroatoms. The second-order valence-corrected chi connectivity index (χ2v) is 11.7. The van der Waals surface area contributed by atoms with Gasteiger partial charge in [0.05, 0.1) is 23.7 Å². The smallest absolute Gasteiger partial charge is 0.264 e. The fourth-order valence-corrected chi connectivity index (χ4v) is 5.45. The van der Waals surface area contributed by atoms with Gasteiger partial charge in [0.1, 0.15) is 18.1 Å². The van der Waals surface area contributed by atoms with Crippen LogP contribution in [0.5, 0.6) is 11.5 Å². The number of fused-ring (bicyclic) bond motifs is 1.